The third kappa shape index (κ3) is 6.67. The summed E-state index contributed by atoms with van der Waals surface area (Å²) in [5.41, 5.74) is 4.12. The van der Waals surface area contributed by atoms with Crippen LogP contribution in [-0.2, 0) is 14.3 Å². The van der Waals surface area contributed by atoms with Gasteiger partial charge in [0.05, 0.1) is 0 Å². The van der Waals surface area contributed by atoms with Crippen molar-refractivity contribution in [1.82, 2.24) is 5.32 Å². The minimum atomic E-state index is -0.856. The Morgan fingerprint density at radius 2 is 1.65 bits per heavy atom. The number of hydrogen-bond donors (Lipinski definition) is 2. The van der Waals surface area contributed by atoms with E-state index in [1.807, 2.05) is 52.0 Å². The first-order chi connectivity index (χ1) is 14.6. The van der Waals surface area contributed by atoms with Gasteiger partial charge in [0.1, 0.15) is 6.04 Å². The van der Waals surface area contributed by atoms with Gasteiger partial charge in [0.2, 0.25) is 0 Å². The predicted octanol–water partition coefficient (Wildman–Crippen LogP) is 4.36. The summed E-state index contributed by atoms with van der Waals surface area (Å²) < 4.78 is 5.23. The summed E-state index contributed by atoms with van der Waals surface area (Å²) in [7, 11) is 0. The zero-order valence-electron chi connectivity index (χ0n) is 19.1. The molecule has 2 aromatic rings. The van der Waals surface area contributed by atoms with E-state index in [0.29, 0.717) is 5.56 Å². The monoisotopic (exact) mass is 424 g/mol. The molecule has 2 rings (SSSR count). The average Bonchev–Trinajstić information content (AvgIpc) is 2.71. The molecule has 0 spiro atoms. The first-order valence-corrected chi connectivity index (χ1v) is 10.5. The summed E-state index contributed by atoms with van der Waals surface area (Å²) in [6.07, 6.45) is 0. The Hall–Kier alpha value is -3.15. The second kappa shape index (κ2) is 10.8. The number of anilines is 1. The van der Waals surface area contributed by atoms with Crippen molar-refractivity contribution >= 4 is 23.5 Å². The highest BCUT2D eigenvalue weighted by Crippen LogP contribution is 2.27. The number of esters is 1. The van der Waals surface area contributed by atoms with E-state index in [-0.39, 0.29) is 17.7 Å². The molecule has 0 saturated carbocycles. The second-order valence-electron chi connectivity index (χ2n) is 8.41. The van der Waals surface area contributed by atoms with Crippen LogP contribution >= 0.6 is 0 Å². The SMILES string of the molecule is Cc1cccc(C(=O)N[C@H](C(=O)OCC(=O)Nc2c(C)cccc2C(C)C)C(C)C)c1. The number of carbonyl (C=O) groups is 3. The predicted molar refractivity (Wildman–Crippen MR) is 122 cm³/mol. The number of carbonyl (C=O) groups excluding carboxylic acids is 3. The lowest BCUT2D eigenvalue weighted by Crippen LogP contribution is -2.46. The fraction of sp³-hybridized carbons (Fsp3) is 0.400. The van der Waals surface area contributed by atoms with Gasteiger partial charge in [-0.05, 0) is 48.9 Å². The molecule has 0 aliphatic heterocycles. The molecule has 6 heteroatoms. The molecule has 0 saturated heterocycles. The van der Waals surface area contributed by atoms with Gasteiger partial charge in [-0.1, -0.05) is 63.6 Å². The van der Waals surface area contributed by atoms with E-state index in [4.69, 9.17) is 4.74 Å². The summed E-state index contributed by atoms with van der Waals surface area (Å²) >= 11 is 0. The van der Waals surface area contributed by atoms with E-state index in [0.717, 1.165) is 22.4 Å². The van der Waals surface area contributed by atoms with Crippen LogP contribution < -0.4 is 10.6 Å². The molecular formula is C25H32N2O4. The van der Waals surface area contributed by atoms with E-state index in [2.05, 4.69) is 24.5 Å². The highest BCUT2D eigenvalue weighted by molar-refractivity contribution is 5.98. The maximum atomic E-state index is 12.6. The molecule has 0 unspecified atom stereocenters. The number of ether oxygens (including phenoxy) is 1. The van der Waals surface area contributed by atoms with E-state index in [1.165, 1.54) is 0 Å². The van der Waals surface area contributed by atoms with Crippen molar-refractivity contribution in [2.75, 3.05) is 11.9 Å². The van der Waals surface area contributed by atoms with E-state index in [9.17, 15) is 14.4 Å². The molecule has 0 aromatic heterocycles. The molecule has 166 valence electrons. The second-order valence-corrected chi connectivity index (χ2v) is 8.41. The lowest BCUT2D eigenvalue weighted by Gasteiger charge is -2.21. The van der Waals surface area contributed by atoms with Crippen LogP contribution in [0.25, 0.3) is 0 Å². The third-order valence-electron chi connectivity index (χ3n) is 5.02. The highest BCUT2D eigenvalue weighted by Gasteiger charge is 2.27. The quantitative estimate of drug-likeness (QED) is 0.617. The van der Waals surface area contributed by atoms with Gasteiger partial charge in [-0.2, -0.15) is 0 Å². The number of rotatable bonds is 8. The normalized spacial score (nSPS) is 11.9. The van der Waals surface area contributed by atoms with Crippen molar-refractivity contribution in [1.29, 1.82) is 0 Å². The molecule has 0 radical (unpaired) electrons. The summed E-state index contributed by atoms with van der Waals surface area (Å²) in [5, 5.41) is 5.57. The molecular weight excluding hydrogens is 392 g/mol. The van der Waals surface area contributed by atoms with Gasteiger partial charge in [0, 0.05) is 11.3 Å². The van der Waals surface area contributed by atoms with Crippen LogP contribution in [0.2, 0.25) is 0 Å². The van der Waals surface area contributed by atoms with Crippen molar-refractivity contribution in [3.8, 4) is 0 Å². The van der Waals surface area contributed by atoms with E-state index >= 15 is 0 Å². The summed E-state index contributed by atoms with van der Waals surface area (Å²) in [6, 6.07) is 12.1. The minimum Gasteiger partial charge on any atom is -0.454 e. The van der Waals surface area contributed by atoms with Crippen LogP contribution in [-0.4, -0.2) is 30.4 Å². The highest BCUT2D eigenvalue weighted by atomic mass is 16.5. The molecule has 2 aromatic carbocycles. The average molecular weight is 425 g/mol. The standard InChI is InChI=1S/C25H32N2O4/c1-15(2)20-12-8-10-18(6)23(20)26-21(28)14-31-25(30)22(16(3)4)27-24(29)19-11-7-9-17(5)13-19/h7-13,15-16,22H,14H2,1-6H3,(H,26,28)(H,27,29)/t22-/m0/s1. The van der Waals surface area contributed by atoms with Gasteiger partial charge in [-0.15, -0.1) is 0 Å². The summed E-state index contributed by atoms with van der Waals surface area (Å²) in [4.78, 5) is 37.6. The molecule has 0 bridgehead atoms. The Morgan fingerprint density at radius 3 is 2.26 bits per heavy atom. The minimum absolute atomic E-state index is 0.201. The van der Waals surface area contributed by atoms with Gasteiger partial charge < -0.3 is 15.4 Å². The maximum Gasteiger partial charge on any atom is 0.329 e. The van der Waals surface area contributed by atoms with Crippen LogP contribution in [0.5, 0.6) is 0 Å². The molecule has 31 heavy (non-hydrogen) atoms. The summed E-state index contributed by atoms with van der Waals surface area (Å²) in [5.74, 6) is -1.38. The van der Waals surface area contributed by atoms with Crippen LogP contribution in [0.1, 0.15) is 60.7 Å². The van der Waals surface area contributed by atoms with E-state index in [1.54, 1.807) is 18.2 Å². The molecule has 0 aliphatic carbocycles. The number of amides is 2. The van der Waals surface area contributed by atoms with Crippen LogP contribution in [0.4, 0.5) is 5.69 Å². The van der Waals surface area contributed by atoms with Crippen molar-refractivity contribution in [2.45, 2.75) is 53.5 Å². The smallest absolute Gasteiger partial charge is 0.329 e. The van der Waals surface area contributed by atoms with Crippen LogP contribution in [0, 0.1) is 19.8 Å². The Kier molecular flexibility index (Phi) is 8.37. The van der Waals surface area contributed by atoms with Crippen molar-refractivity contribution < 1.29 is 19.1 Å². The van der Waals surface area contributed by atoms with Gasteiger partial charge in [-0.3, -0.25) is 9.59 Å². The van der Waals surface area contributed by atoms with Gasteiger partial charge in [0.15, 0.2) is 6.61 Å². The third-order valence-corrected chi connectivity index (χ3v) is 5.02. The largest absolute Gasteiger partial charge is 0.454 e. The molecule has 2 amide bonds. The molecule has 0 heterocycles. The zero-order chi connectivity index (χ0) is 23.1. The van der Waals surface area contributed by atoms with Gasteiger partial charge in [-0.25, -0.2) is 4.79 Å². The number of benzene rings is 2. The van der Waals surface area contributed by atoms with Crippen LogP contribution in [0.3, 0.4) is 0 Å². The Morgan fingerprint density at radius 1 is 0.968 bits per heavy atom. The first kappa shape index (κ1) is 24.1. The number of para-hydroxylation sites is 1. The van der Waals surface area contributed by atoms with Gasteiger partial charge >= 0.3 is 5.97 Å². The number of hydrogen-bond acceptors (Lipinski definition) is 4. The number of nitrogens with one attached hydrogen (secondary N) is 2. The lowest BCUT2D eigenvalue weighted by molar-refractivity contribution is -0.150. The Bertz CT molecular complexity index is 950. The fourth-order valence-corrected chi connectivity index (χ4v) is 3.25. The van der Waals surface area contributed by atoms with Crippen molar-refractivity contribution in [2.24, 2.45) is 5.92 Å². The Labute approximate surface area is 184 Å². The number of aryl methyl sites for hydroxylation is 2. The first-order valence-electron chi connectivity index (χ1n) is 10.5. The van der Waals surface area contributed by atoms with Crippen molar-refractivity contribution in [3.63, 3.8) is 0 Å². The topological polar surface area (TPSA) is 84.5 Å². The van der Waals surface area contributed by atoms with Crippen molar-refractivity contribution in [3.05, 3.63) is 64.7 Å². The van der Waals surface area contributed by atoms with E-state index < -0.39 is 24.5 Å². The molecule has 0 fully saturated rings. The van der Waals surface area contributed by atoms with Crippen LogP contribution in [0.15, 0.2) is 42.5 Å². The zero-order valence-corrected chi connectivity index (χ0v) is 19.1. The molecule has 2 N–H and O–H groups in total. The lowest BCUT2D eigenvalue weighted by atomic mass is 9.98. The maximum absolute atomic E-state index is 12.6. The Balaban J connectivity index is 2.01. The molecule has 6 nitrogen and oxygen atoms in total. The molecule has 0 aliphatic rings. The molecule has 1 atom stereocenters. The van der Waals surface area contributed by atoms with Gasteiger partial charge in [0.25, 0.3) is 11.8 Å². The fourth-order valence-electron chi connectivity index (χ4n) is 3.25. The summed E-state index contributed by atoms with van der Waals surface area (Å²) in [6.45, 7) is 11.1.